The second-order valence-electron chi connectivity index (χ2n) is 12.7. The van der Waals surface area contributed by atoms with Gasteiger partial charge >= 0.3 is 0 Å². The van der Waals surface area contributed by atoms with Crippen LogP contribution in [0.4, 0.5) is 0 Å². The second-order valence-corrected chi connectivity index (χ2v) is 12.7. The minimum Gasteiger partial charge on any atom is -0.0579 e. The molecule has 0 spiro atoms. The lowest BCUT2D eigenvalue weighted by Crippen LogP contribution is -2.10. The normalized spacial score (nSPS) is 11.9. The lowest BCUT2D eigenvalue weighted by molar-refractivity contribution is 0.590. The largest absolute Gasteiger partial charge is 0.0579 e. The summed E-state index contributed by atoms with van der Waals surface area (Å²) in [6, 6.07) is 39.2. The van der Waals surface area contributed by atoms with E-state index in [1.165, 1.54) is 82.7 Å². The van der Waals surface area contributed by atoms with E-state index in [9.17, 15) is 0 Å². The van der Waals surface area contributed by atoms with Crippen molar-refractivity contribution in [1.82, 2.24) is 0 Å². The first kappa shape index (κ1) is 26.1. The molecule has 40 heavy (non-hydrogen) atoms. The van der Waals surface area contributed by atoms with Crippen LogP contribution in [0.15, 0.2) is 103 Å². The quantitative estimate of drug-likeness (QED) is 0.204. The van der Waals surface area contributed by atoms with Crippen molar-refractivity contribution >= 4 is 21.5 Å². The average molecular weight is 519 g/mol. The van der Waals surface area contributed by atoms with Crippen molar-refractivity contribution in [2.24, 2.45) is 0 Å². The smallest absolute Gasteiger partial charge is 0.00268 e. The van der Waals surface area contributed by atoms with E-state index in [0.29, 0.717) is 0 Å². The van der Waals surface area contributed by atoms with Crippen LogP contribution in [0.25, 0.3) is 54.9 Å². The lowest BCUT2D eigenvalue weighted by atomic mass is 9.84. The molecule has 6 aromatic rings. The molecule has 0 heterocycles. The van der Waals surface area contributed by atoms with Crippen molar-refractivity contribution in [3.8, 4) is 33.4 Å². The Kier molecular flexibility index (Phi) is 6.38. The van der Waals surface area contributed by atoms with Gasteiger partial charge in [0.05, 0.1) is 0 Å². The molecule has 0 aliphatic heterocycles. The van der Waals surface area contributed by atoms with Crippen LogP contribution in [-0.4, -0.2) is 0 Å². The zero-order valence-electron chi connectivity index (χ0n) is 24.8. The molecule has 0 aromatic heterocycles. The molecule has 0 heteroatoms. The summed E-state index contributed by atoms with van der Waals surface area (Å²) in [6.07, 6.45) is 0. The van der Waals surface area contributed by atoms with Crippen LogP contribution in [0.2, 0.25) is 0 Å². The Balaban J connectivity index is 1.61. The van der Waals surface area contributed by atoms with Crippen LogP contribution in [0.5, 0.6) is 0 Å². The molecular formula is C40H38. The summed E-state index contributed by atoms with van der Waals surface area (Å²) in [5.41, 5.74) is 14.3. The highest BCUT2D eigenvalue weighted by molar-refractivity contribution is 6.14. The number of hydrogen-bond donors (Lipinski definition) is 0. The Morgan fingerprint density at radius 2 is 0.775 bits per heavy atom. The number of fused-ring (bicyclic) bond motifs is 2. The fourth-order valence-corrected chi connectivity index (χ4v) is 6.22. The minimum absolute atomic E-state index is 0.126. The highest BCUT2D eigenvalue weighted by atomic mass is 14.2. The fourth-order valence-electron chi connectivity index (χ4n) is 6.22. The number of hydrogen-bond acceptors (Lipinski definition) is 0. The van der Waals surface area contributed by atoms with Crippen LogP contribution in [0, 0.1) is 27.7 Å². The van der Waals surface area contributed by atoms with Crippen molar-refractivity contribution in [3.63, 3.8) is 0 Å². The molecular weight excluding hydrogens is 480 g/mol. The van der Waals surface area contributed by atoms with Crippen LogP contribution in [0.3, 0.4) is 0 Å². The van der Waals surface area contributed by atoms with Crippen LogP contribution >= 0.6 is 0 Å². The van der Waals surface area contributed by atoms with Gasteiger partial charge in [-0.25, -0.2) is 0 Å². The van der Waals surface area contributed by atoms with E-state index in [-0.39, 0.29) is 5.41 Å². The third-order valence-corrected chi connectivity index (χ3v) is 8.10. The molecule has 0 saturated heterocycles. The van der Waals surface area contributed by atoms with Gasteiger partial charge < -0.3 is 0 Å². The SMILES string of the molecule is Cc1cc(C)cc(-c2ccc3c(-c4ccc(C(C)(C)C)cc4)c4ccc(-c5cc(C)cc(C)c5)cc4cc3c2)c1. The first-order valence-corrected chi connectivity index (χ1v) is 14.3. The number of aryl methyl sites for hydroxylation is 4. The van der Waals surface area contributed by atoms with E-state index in [2.05, 4.69) is 152 Å². The zero-order valence-corrected chi connectivity index (χ0v) is 24.8. The molecule has 0 bridgehead atoms. The highest BCUT2D eigenvalue weighted by Gasteiger charge is 2.16. The third-order valence-electron chi connectivity index (χ3n) is 8.10. The summed E-state index contributed by atoms with van der Waals surface area (Å²) in [5.74, 6) is 0. The first-order chi connectivity index (χ1) is 19.0. The monoisotopic (exact) mass is 518 g/mol. The Bertz CT molecular complexity index is 1740. The summed E-state index contributed by atoms with van der Waals surface area (Å²) in [7, 11) is 0. The summed E-state index contributed by atoms with van der Waals surface area (Å²) in [5, 5.41) is 5.14. The van der Waals surface area contributed by atoms with Crippen molar-refractivity contribution in [1.29, 1.82) is 0 Å². The Labute approximate surface area is 239 Å². The summed E-state index contributed by atoms with van der Waals surface area (Å²) in [6.45, 7) is 15.5. The predicted molar refractivity (Wildman–Crippen MR) is 175 cm³/mol. The Morgan fingerprint density at radius 1 is 0.375 bits per heavy atom. The van der Waals surface area contributed by atoms with Gasteiger partial charge in [0.15, 0.2) is 0 Å². The predicted octanol–water partition coefficient (Wildman–Crippen LogP) is 11.5. The van der Waals surface area contributed by atoms with Crippen molar-refractivity contribution in [2.75, 3.05) is 0 Å². The zero-order chi connectivity index (χ0) is 28.2. The minimum atomic E-state index is 0.126. The molecule has 0 aliphatic rings. The Morgan fingerprint density at radius 3 is 1.18 bits per heavy atom. The first-order valence-electron chi connectivity index (χ1n) is 14.3. The summed E-state index contributed by atoms with van der Waals surface area (Å²) < 4.78 is 0. The average Bonchev–Trinajstić information content (AvgIpc) is 2.89. The van der Waals surface area contributed by atoms with Gasteiger partial charge in [-0.2, -0.15) is 0 Å². The number of rotatable bonds is 3. The van der Waals surface area contributed by atoms with Gasteiger partial charge in [0.2, 0.25) is 0 Å². The number of benzene rings is 6. The maximum absolute atomic E-state index is 2.38. The molecule has 0 fully saturated rings. The van der Waals surface area contributed by atoms with Gasteiger partial charge in [0.25, 0.3) is 0 Å². The van der Waals surface area contributed by atoms with Crippen molar-refractivity contribution < 1.29 is 0 Å². The topological polar surface area (TPSA) is 0 Å². The molecule has 0 nitrogen and oxygen atoms in total. The van der Waals surface area contributed by atoms with Crippen molar-refractivity contribution in [2.45, 2.75) is 53.9 Å². The molecule has 0 unspecified atom stereocenters. The molecule has 0 amide bonds. The maximum Gasteiger partial charge on any atom is -0.00268 e. The molecule has 0 saturated carbocycles. The molecule has 0 atom stereocenters. The van der Waals surface area contributed by atoms with Gasteiger partial charge in [0.1, 0.15) is 0 Å². The van der Waals surface area contributed by atoms with Gasteiger partial charge in [0, 0.05) is 0 Å². The molecule has 6 aromatic carbocycles. The van der Waals surface area contributed by atoms with E-state index in [1.807, 2.05) is 0 Å². The maximum atomic E-state index is 2.38. The van der Waals surface area contributed by atoms with Gasteiger partial charge in [-0.15, -0.1) is 0 Å². The Hall–Kier alpha value is -4.16. The molecule has 198 valence electrons. The van der Waals surface area contributed by atoms with Crippen molar-refractivity contribution in [3.05, 3.63) is 131 Å². The third kappa shape index (κ3) is 4.95. The standard InChI is InChI=1S/C40H38/c1-25-16-26(2)19-32(18-25)30-10-14-37-34(22-30)24-35-23-31(33-20-27(3)17-28(4)21-33)11-15-38(35)39(37)29-8-12-36(13-9-29)40(5,6)7/h8-24H,1-7H3. The van der Waals surface area contributed by atoms with Crippen LogP contribution < -0.4 is 0 Å². The van der Waals surface area contributed by atoms with Crippen LogP contribution in [0.1, 0.15) is 48.6 Å². The van der Waals surface area contributed by atoms with E-state index in [4.69, 9.17) is 0 Å². The fraction of sp³-hybridized carbons (Fsp3) is 0.200. The highest BCUT2D eigenvalue weighted by Crippen LogP contribution is 2.40. The van der Waals surface area contributed by atoms with E-state index < -0.39 is 0 Å². The molecule has 0 N–H and O–H groups in total. The lowest BCUT2D eigenvalue weighted by Gasteiger charge is -2.20. The van der Waals surface area contributed by atoms with E-state index >= 15 is 0 Å². The molecule has 0 aliphatic carbocycles. The molecule has 0 radical (unpaired) electrons. The van der Waals surface area contributed by atoms with Gasteiger partial charge in [-0.1, -0.05) is 128 Å². The van der Waals surface area contributed by atoms with Gasteiger partial charge in [-0.3, -0.25) is 0 Å². The van der Waals surface area contributed by atoms with E-state index in [0.717, 1.165) is 0 Å². The van der Waals surface area contributed by atoms with E-state index in [1.54, 1.807) is 0 Å². The van der Waals surface area contributed by atoms with Crippen LogP contribution in [-0.2, 0) is 5.41 Å². The second kappa shape index (κ2) is 9.79. The molecule has 6 rings (SSSR count). The summed E-state index contributed by atoms with van der Waals surface area (Å²) in [4.78, 5) is 0. The van der Waals surface area contributed by atoms with Gasteiger partial charge in [-0.05, 0) is 112 Å². The summed E-state index contributed by atoms with van der Waals surface area (Å²) >= 11 is 0.